The van der Waals surface area contributed by atoms with Crippen molar-refractivity contribution in [3.05, 3.63) is 64.5 Å². The van der Waals surface area contributed by atoms with Gasteiger partial charge < -0.3 is 10.1 Å². The summed E-state index contributed by atoms with van der Waals surface area (Å²) in [5.74, 6) is 0.519. The molecule has 0 saturated heterocycles. The summed E-state index contributed by atoms with van der Waals surface area (Å²) in [6.07, 6.45) is 1.68. The predicted molar refractivity (Wildman–Crippen MR) is 116 cm³/mol. The molecule has 30 heavy (non-hydrogen) atoms. The molecule has 0 unspecified atom stereocenters. The minimum atomic E-state index is -0.374. The van der Waals surface area contributed by atoms with Crippen LogP contribution in [0.25, 0.3) is 0 Å². The lowest BCUT2D eigenvalue weighted by molar-refractivity contribution is 0.0600. The number of rotatable bonds is 7. The Morgan fingerprint density at radius 2 is 1.87 bits per heavy atom. The first-order valence-electron chi connectivity index (χ1n) is 10.5. The lowest BCUT2D eigenvalue weighted by atomic mass is 9.99. The number of nitrogens with zero attached hydrogens (tertiary/aromatic N) is 2. The Morgan fingerprint density at radius 3 is 2.47 bits per heavy atom. The highest BCUT2D eigenvalue weighted by Crippen LogP contribution is 2.37. The molecule has 0 spiro atoms. The van der Waals surface area contributed by atoms with E-state index in [9.17, 15) is 9.59 Å². The molecule has 0 fully saturated rings. The zero-order chi connectivity index (χ0) is 21.8. The number of hydrogen-bond donors (Lipinski definition) is 1. The van der Waals surface area contributed by atoms with Crippen molar-refractivity contribution in [1.29, 1.82) is 0 Å². The molecule has 1 aliphatic heterocycles. The van der Waals surface area contributed by atoms with Gasteiger partial charge in [-0.3, -0.25) is 14.7 Å². The largest absolute Gasteiger partial charge is 0.465 e. The minimum Gasteiger partial charge on any atom is -0.465 e. The topological polar surface area (TPSA) is 71.5 Å². The zero-order valence-electron chi connectivity index (χ0n) is 18.4. The second-order valence-corrected chi connectivity index (χ2v) is 8.65. The number of carbonyl (C=O) groups excluding carboxylic acids is 2. The first-order valence-corrected chi connectivity index (χ1v) is 10.5. The van der Waals surface area contributed by atoms with Crippen LogP contribution in [0.1, 0.15) is 71.3 Å². The summed E-state index contributed by atoms with van der Waals surface area (Å²) >= 11 is 0. The van der Waals surface area contributed by atoms with Crippen LogP contribution in [0, 0.1) is 11.8 Å². The number of esters is 1. The average molecular weight is 410 g/mol. The molecule has 1 aromatic heterocycles. The molecule has 0 bridgehead atoms. The first kappa shape index (κ1) is 22.0. The molecule has 1 amide bonds. The highest BCUT2D eigenvalue weighted by Gasteiger charge is 2.34. The van der Waals surface area contributed by atoms with Gasteiger partial charge in [-0.05, 0) is 41.2 Å². The number of methoxy groups -OCH3 is 1. The number of pyridine rings is 1. The van der Waals surface area contributed by atoms with E-state index in [1.807, 2.05) is 18.2 Å². The van der Waals surface area contributed by atoms with E-state index in [4.69, 9.17) is 4.74 Å². The summed E-state index contributed by atoms with van der Waals surface area (Å²) in [6.45, 7) is 11.1. The molecule has 3 rings (SSSR count). The van der Waals surface area contributed by atoms with Crippen LogP contribution in [0.2, 0.25) is 0 Å². The third kappa shape index (κ3) is 4.87. The fourth-order valence-corrected chi connectivity index (χ4v) is 4.07. The Morgan fingerprint density at radius 1 is 1.17 bits per heavy atom. The molecular formula is C24H31N3O3. The summed E-state index contributed by atoms with van der Waals surface area (Å²) in [5.41, 5.74) is 4.22. The lowest BCUT2D eigenvalue weighted by Gasteiger charge is -2.28. The van der Waals surface area contributed by atoms with Crippen LogP contribution in [-0.4, -0.2) is 35.4 Å². The molecule has 0 aliphatic carbocycles. The lowest BCUT2D eigenvalue weighted by Crippen LogP contribution is -2.29. The normalized spacial score (nSPS) is 16.0. The van der Waals surface area contributed by atoms with Gasteiger partial charge in [-0.25, -0.2) is 4.79 Å². The zero-order valence-corrected chi connectivity index (χ0v) is 18.4. The van der Waals surface area contributed by atoms with Gasteiger partial charge in [0.15, 0.2) is 0 Å². The van der Waals surface area contributed by atoms with Crippen LogP contribution in [0.5, 0.6) is 0 Å². The van der Waals surface area contributed by atoms with E-state index in [1.54, 1.807) is 18.3 Å². The fourth-order valence-electron chi connectivity index (χ4n) is 4.07. The van der Waals surface area contributed by atoms with E-state index in [-0.39, 0.29) is 11.9 Å². The molecule has 1 aliphatic rings. The van der Waals surface area contributed by atoms with Gasteiger partial charge >= 0.3 is 5.97 Å². The molecule has 6 nitrogen and oxygen atoms in total. The number of amides is 1. The van der Waals surface area contributed by atoms with E-state index >= 15 is 0 Å². The fraction of sp³-hybridized carbons (Fsp3) is 0.458. The van der Waals surface area contributed by atoms with Gasteiger partial charge in [-0.15, -0.1) is 0 Å². The van der Waals surface area contributed by atoms with Gasteiger partial charge in [0.05, 0.1) is 30.0 Å². The quantitative estimate of drug-likeness (QED) is 0.701. The van der Waals surface area contributed by atoms with Crippen LogP contribution in [0.15, 0.2) is 36.5 Å². The molecule has 1 atom stereocenters. The van der Waals surface area contributed by atoms with Crippen molar-refractivity contribution in [2.24, 2.45) is 11.8 Å². The SMILES string of the molecule is COC(=O)c1ccc(CNC(=O)c2cnc3c(c2)CN(CC(C)C)[C@H]3C(C)C)cc1. The highest BCUT2D eigenvalue weighted by atomic mass is 16.5. The third-order valence-corrected chi connectivity index (χ3v) is 5.37. The maximum Gasteiger partial charge on any atom is 0.337 e. The van der Waals surface area contributed by atoms with Crippen LogP contribution in [-0.2, 0) is 17.8 Å². The molecule has 6 heteroatoms. The smallest absolute Gasteiger partial charge is 0.337 e. The van der Waals surface area contributed by atoms with E-state index in [0.717, 1.165) is 29.9 Å². The average Bonchev–Trinajstić information content (AvgIpc) is 3.08. The highest BCUT2D eigenvalue weighted by molar-refractivity contribution is 5.94. The van der Waals surface area contributed by atoms with Crippen molar-refractivity contribution in [2.45, 2.75) is 46.8 Å². The van der Waals surface area contributed by atoms with Crippen LogP contribution in [0.3, 0.4) is 0 Å². The summed E-state index contributed by atoms with van der Waals surface area (Å²) < 4.78 is 4.70. The summed E-state index contributed by atoms with van der Waals surface area (Å²) in [4.78, 5) is 31.3. The Labute approximate surface area is 178 Å². The van der Waals surface area contributed by atoms with Gasteiger partial charge in [-0.1, -0.05) is 39.8 Å². The Bertz CT molecular complexity index is 906. The van der Waals surface area contributed by atoms with Crippen LogP contribution >= 0.6 is 0 Å². The maximum atomic E-state index is 12.7. The standard InChI is InChI=1S/C24H31N3O3/c1-15(2)13-27-14-20-10-19(12-25-21(20)22(27)16(3)4)23(28)26-11-17-6-8-18(9-7-17)24(29)30-5/h6-10,12,15-16,22H,11,13-14H2,1-5H3,(H,26,28)/t22-/m0/s1. The van der Waals surface area contributed by atoms with Crippen molar-refractivity contribution in [3.63, 3.8) is 0 Å². The van der Waals surface area contributed by atoms with E-state index in [0.29, 0.717) is 35.5 Å². The molecule has 160 valence electrons. The van der Waals surface area contributed by atoms with Crippen molar-refractivity contribution in [3.8, 4) is 0 Å². The first-order chi connectivity index (χ1) is 14.3. The van der Waals surface area contributed by atoms with Gasteiger partial charge in [0.2, 0.25) is 0 Å². The molecule has 0 radical (unpaired) electrons. The Hall–Kier alpha value is -2.73. The summed E-state index contributed by atoms with van der Waals surface area (Å²) in [5, 5.41) is 2.94. The van der Waals surface area contributed by atoms with Gasteiger partial charge in [0.25, 0.3) is 5.91 Å². The second-order valence-electron chi connectivity index (χ2n) is 8.65. The van der Waals surface area contributed by atoms with Crippen molar-refractivity contribution < 1.29 is 14.3 Å². The molecule has 2 heterocycles. The number of fused-ring (bicyclic) bond motifs is 1. The Kier molecular flexibility index (Phi) is 6.87. The van der Waals surface area contributed by atoms with Gasteiger partial charge in [0, 0.05) is 25.8 Å². The molecule has 2 aromatic rings. The summed E-state index contributed by atoms with van der Waals surface area (Å²) in [6, 6.07) is 9.29. The van der Waals surface area contributed by atoms with Crippen molar-refractivity contribution >= 4 is 11.9 Å². The molecule has 0 saturated carbocycles. The Balaban J connectivity index is 1.68. The molecular weight excluding hydrogens is 378 g/mol. The minimum absolute atomic E-state index is 0.147. The van der Waals surface area contributed by atoms with Crippen molar-refractivity contribution in [1.82, 2.24) is 15.2 Å². The number of aromatic nitrogens is 1. The van der Waals surface area contributed by atoms with Crippen LogP contribution in [0.4, 0.5) is 0 Å². The number of benzene rings is 1. The summed E-state index contributed by atoms with van der Waals surface area (Å²) in [7, 11) is 1.35. The molecule has 1 aromatic carbocycles. The van der Waals surface area contributed by atoms with E-state index < -0.39 is 0 Å². The number of nitrogens with one attached hydrogen (secondary N) is 1. The van der Waals surface area contributed by atoms with E-state index in [1.165, 1.54) is 7.11 Å². The molecule has 1 N–H and O–H groups in total. The number of ether oxygens (including phenoxy) is 1. The van der Waals surface area contributed by atoms with Gasteiger partial charge in [0.1, 0.15) is 0 Å². The second kappa shape index (κ2) is 9.39. The number of hydrogen-bond acceptors (Lipinski definition) is 5. The third-order valence-electron chi connectivity index (χ3n) is 5.37. The van der Waals surface area contributed by atoms with Gasteiger partial charge in [-0.2, -0.15) is 0 Å². The predicted octanol–water partition coefficient (Wildman–Crippen LogP) is 3.97. The van der Waals surface area contributed by atoms with Crippen molar-refractivity contribution in [2.75, 3.05) is 13.7 Å². The number of carbonyl (C=O) groups is 2. The van der Waals surface area contributed by atoms with E-state index in [2.05, 4.69) is 42.9 Å². The maximum absolute atomic E-state index is 12.7. The van der Waals surface area contributed by atoms with Crippen LogP contribution < -0.4 is 5.32 Å². The monoisotopic (exact) mass is 409 g/mol.